The average molecular weight is 292 g/mol. The van der Waals surface area contributed by atoms with Crippen molar-refractivity contribution in [3.63, 3.8) is 0 Å². The Morgan fingerprint density at radius 3 is 2.57 bits per heavy atom. The average Bonchev–Trinajstić information content (AvgIpc) is 2.68. The maximum atomic E-state index is 5.90. The van der Waals surface area contributed by atoms with Gasteiger partial charge in [0.2, 0.25) is 0 Å². The van der Waals surface area contributed by atoms with Gasteiger partial charge in [0.25, 0.3) is 0 Å². The molecule has 0 aliphatic carbocycles. The summed E-state index contributed by atoms with van der Waals surface area (Å²) in [6.45, 7) is 16.6. The van der Waals surface area contributed by atoms with Crippen LogP contribution in [0.5, 0.6) is 0 Å². The Balaban J connectivity index is 1.89. The maximum Gasteiger partial charge on any atom is 0.118 e. The van der Waals surface area contributed by atoms with Crippen LogP contribution in [-0.2, 0) is 13.1 Å². The summed E-state index contributed by atoms with van der Waals surface area (Å²) in [4.78, 5) is 2.59. The lowest BCUT2D eigenvalue weighted by Gasteiger charge is -2.34. The highest BCUT2D eigenvalue weighted by atomic mass is 16.3. The molecule has 0 bridgehead atoms. The minimum Gasteiger partial charge on any atom is -0.465 e. The third-order valence-electron chi connectivity index (χ3n) is 4.26. The van der Waals surface area contributed by atoms with Crippen molar-refractivity contribution in [3.05, 3.63) is 23.2 Å². The van der Waals surface area contributed by atoms with E-state index in [2.05, 4.69) is 50.9 Å². The van der Waals surface area contributed by atoms with E-state index in [1.165, 1.54) is 25.1 Å². The van der Waals surface area contributed by atoms with Gasteiger partial charge in [0.15, 0.2) is 0 Å². The van der Waals surface area contributed by atoms with Crippen LogP contribution in [0.3, 0.4) is 0 Å². The number of nitrogens with one attached hydrogen (secondary N) is 1. The van der Waals surface area contributed by atoms with Crippen LogP contribution in [0.1, 0.15) is 51.2 Å². The lowest BCUT2D eigenvalue weighted by atomic mass is 9.91. The molecule has 120 valence electrons. The summed E-state index contributed by atoms with van der Waals surface area (Å²) < 4.78 is 5.90. The van der Waals surface area contributed by atoms with E-state index in [1.54, 1.807) is 0 Å². The molecule has 1 fully saturated rings. The molecule has 1 N–H and O–H groups in total. The summed E-state index contributed by atoms with van der Waals surface area (Å²) in [6.07, 6.45) is 1.37. The molecule has 1 aromatic rings. The Hall–Kier alpha value is -0.800. The van der Waals surface area contributed by atoms with E-state index in [1.807, 2.05) is 0 Å². The Kier molecular flexibility index (Phi) is 5.88. The summed E-state index contributed by atoms with van der Waals surface area (Å²) >= 11 is 0. The van der Waals surface area contributed by atoms with Crippen molar-refractivity contribution in [2.45, 2.75) is 54.1 Å². The van der Waals surface area contributed by atoms with Gasteiger partial charge in [0.1, 0.15) is 11.5 Å². The lowest BCUT2D eigenvalue weighted by Crippen LogP contribution is -2.38. The molecule has 21 heavy (non-hydrogen) atoms. The van der Waals surface area contributed by atoms with Crippen LogP contribution < -0.4 is 5.32 Å². The van der Waals surface area contributed by atoms with Crippen molar-refractivity contribution in [2.24, 2.45) is 17.8 Å². The molecule has 3 heteroatoms. The molecular formula is C18H32N2O. The van der Waals surface area contributed by atoms with Crippen LogP contribution in [0.2, 0.25) is 0 Å². The Labute approximate surface area is 130 Å². The van der Waals surface area contributed by atoms with E-state index < -0.39 is 0 Å². The summed E-state index contributed by atoms with van der Waals surface area (Å²) in [7, 11) is 0. The van der Waals surface area contributed by atoms with E-state index in [-0.39, 0.29) is 0 Å². The number of hydrogen-bond donors (Lipinski definition) is 1. The smallest absolute Gasteiger partial charge is 0.118 e. The van der Waals surface area contributed by atoms with E-state index in [0.717, 1.165) is 43.0 Å². The van der Waals surface area contributed by atoms with Crippen LogP contribution in [0.4, 0.5) is 0 Å². The van der Waals surface area contributed by atoms with Gasteiger partial charge in [-0.25, -0.2) is 0 Å². The number of hydrogen-bond acceptors (Lipinski definition) is 3. The minimum atomic E-state index is 0.678. The lowest BCUT2D eigenvalue weighted by molar-refractivity contribution is 0.134. The van der Waals surface area contributed by atoms with Crippen LogP contribution >= 0.6 is 0 Å². The first-order valence-electron chi connectivity index (χ1n) is 8.45. The van der Waals surface area contributed by atoms with Gasteiger partial charge in [-0.3, -0.25) is 4.90 Å². The molecule has 1 aromatic heterocycles. The number of furan rings is 1. The van der Waals surface area contributed by atoms with Crippen LogP contribution in [0, 0.1) is 24.7 Å². The molecule has 2 rings (SSSR count). The number of aryl methyl sites for hydroxylation is 1. The summed E-state index contributed by atoms with van der Waals surface area (Å²) in [6, 6.07) is 2.24. The molecule has 1 saturated heterocycles. The topological polar surface area (TPSA) is 28.4 Å². The Morgan fingerprint density at radius 1 is 1.29 bits per heavy atom. The van der Waals surface area contributed by atoms with Gasteiger partial charge in [-0.15, -0.1) is 0 Å². The SMILES string of the molecule is Cc1oc(CNCC(C)C)cc1CN1CC(C)CC(C)C1. The first kappa shape index (κ1) is 16.6. The highest BCUT2D eigenvalue weighted by Crippen LogP contribution is 2.24. The molecule has 3 nitrogen and oxygen atoms in total. The zero-order valence-electron chi connectivity index (χ0n) is 14.4. The summed E-state index contributed by atoms with van der Waals surface area (Å²) in [5, 5.41) is 3.45. The second-order valence-electron chi connectivity index (χ2n) is 7.46. The van der Waals surface area contributed by atoms with Gasteiger partial charge in [-0.1, -0.05) is 27.7 Å². The second kappa shape index (κ2) is 7.46. The van der Waals surface area contributed by atoms with Gasteiger partial charge >= 0.3 is 0 Å². The van der Waals surface area contributed by atoms with Crippen LogP contribution in [-0.4, -0.2) is 24.5 Å². The molecule has 1 aliphatic rings. The molecule has 1 aliphatic heterocycles. The molecule has 0 amide bonds. The normalized spacial score (nSPS) is 23.9. The largest absolute Gasteiger partial charge is 0.465 e. The van der Waals surface area contributed by atoms with E-state index in [0.29, 0.717) is 5.92 Å². The third-order valence-corrected chi connectivity index (χ3v) is 4.26. The fourth-order valence-electron chi connectivity index (χ4n) is 3.48. The fourth-order valence-corrected chi connectivity index (χ4v) is 3.48. The van der Waals surface area contributed by atoms with Gasteiger partial charge in [-0.05, 0) is 43.7 Å². The Morgan fingerprint density at radius 2 is 1.95 bits per heavy atom. The van der Waals surface area contributed by atoms with Crippen molar-refractivity contribution in [1.82, 2.24) is 10.2 Å². The van der Waals surface area contributed by atoms with Crippen molar-refractivity contribution >= 4 is 0 Å². The molecular weight excluding hydrogens is 260 g/mol. The number of likely N-dealkylation sites (tertiary alicyclic amines) is 1. The molecule has 0 aromatic carbocycles. The first-order chi connectivity index (χ1) is 9.94. The van der Waals surface area contributed by atoms with Gasteiger partial charge in [0, 0.05) is 25.2 Å². The number of piperidine rings is 1. The van der Waals surface area contributed by atoms with Gasteiger partial charge in [0.05, 0.1) is 6.54 Å². The fraction of sp³-hybridized carbons (Fsp3) is 0.778. The molecule has 0 spiro atoms. The van der Waals surface area contributed by atoms with E-state index in [4.69, 9.17) is 4.42 Å². The van der Waals surface area contributed by atoms with Crippen molar-refractivity contribution < 1.29 is 4.42 Å². The first-order valence-corrected chi connectivity index (χ1v) is 8.45. The molecule has 0 saturated carbocycles. The quantitative estimate of drug-likeness (QED) is 0.864. The standard InChI is InChI=1S/C18H32N2O/c1-13(2)8-19-9-18-7-17(16(5)21-18)12-20-10-14(3)6-15(4)11-20/h7,13-15,19H,6,8-12H2,1-5H3. The molecule has 2 atom stereocenters. The van der Waals surface area contributed by atoms with Gasteiger partial charge in [-0.2, -0.15) is 0 Å². The van der Waals surface area contributed by atoms with Crippen molar-refractivity contribution in [3.8, 4) is 0 Å². The highest BCUT2D eigenvalue weighted by molar-refractivity contribution is 5.20. The predicted molar refractivity (Wildman–Crippen MR) is 88.2 cm³/mol. The Bertz CT molecular complexity index is 428. The summed E-state index contributed by atoms with van der Waals surface area (Å²) in [5.74, 6) is 4.46. The molecule has 2 heterocycles. The third kappa shape index (κ3) is 5.15. The number of nitrogens with zero attached hydrogens (tertiary/aromatic N) is 1. The number of rotatable bonds is 6. The van der Waals surface area contributed by atoms with Crippen LogP contribution in [0.25, 0.3) is 0 Å². The maximum absolute atomic E-state index is 5.90. The van der Waals surface area contributed by atoms with Crippen LogP contribution in [0.15, 0.2) is 10.5 Å². The van der Waals surface area contributed by atoms with Crippen molar-refractivity contribution in [2.75, 3.05) is 19.6 Å². The van der Waals surface area contributed by atoms with Crippen molar-refractivity contribution in [1.29, 1.82) is 0 Å². The van der Waals surface area contributed by atoms with Gasteiger partial charge < -0.3 is 9.73 Å². The monoisotopic (exact) mass is 292 g/mol. The second-order valence-corrected chi connectivity index (χ2v) is 7.46. The highest BCUT2D eigenvalue weighted by Gasteiger charge is 2.22. The predicted octanol–water partition coefficient (Wildman–Crippen LogP) is 3.81. The van der Waals surface area contributed by atoms with E-state index >= 15 is 0 Å². The summed E-state index contributed by atoms with van der Waals surface area (Å²) in [5.41, 5.74) is 1.36. The minimum absolute atomic E-state index is 0.678. The molecule has 2 unspecified atom stereocenters. The zero-order valence-corrected chi connectivity index (χ0v) is 14.4. The molecule has 0 radical (unpaired) electrons. The zero-order chi connectivity index (χ0) is 15.4. The van der Waals surface area contributed by atoms with E-state index in [9.17, 15) is 0 Å².